The van der Waals surface area contributed by atoms with Gasteiger partial charge in [-0.3, -0.25) is 19.3 Å². The molecule has 3 amide bonds. The van der Waals surface area contributed by atoms with E-state index < -0.39 is 29.8 Å². The molecule has 2 heterocycles. The zero-order chi connectivity index (χ0) is 22.4. The Hall–Kier alpha value is -3.22. The predicted octanol–water partition coefficient (Wildman–Crippen LogP) is 3.61. The maximum absolute atomic E-state index is 13.1. The summed E-state index contributed by atoms with van der Waals surface area (Å²) in [5.74, 6) is -0.702. The van der Waals surface area contributed by atoms with E-state index in [0.717, 1.165) is 10.5 Å². The molecule has 1 atom stereocenters. The van der Waals surface area contributed by atoms with E-state index in [-0.39, 0.29) is 11.5 Å². The molecule has 0 saturated carbocycles. The van der Waals surface area contributed by atoms with Crippen molar-refractivity contribution in [3.05, 3.63) is 57.9 Å². The number of amides is 3. The second kappa shape index (κ2) is 7.55. The van der Waals surface area contributed by atoms with Crippen LogP contribution in [0.4, 0.5) is 4.79 Å². The molecule has 30 heavy (non-hydrogen) atoms. The molecule has 1 aliphatic rings. The molecule has 7 heteroatoms. The maximum atomic E-state index is 13.1. The van der Waals surface area contributed by atoms with E-state index in [9.17, 15) is 19.2 Å². The number of carbonyl (C=O) groups is 4. The minimum atomic E-state index is -1.24. The highest BCUT2D eigenvalue weighted by Crippen LogP contribution is 2.30. The van der Waals surface area contributed by atoms with E-state index in [1.165, 1.54) is 6.92 Å². The Morgan fingerprint density at radius 2 is 1.70 bits per heavy atom. The van der Waals surface area contributed by atoms with Gasteiger partial charge in [0.05, 0.1) is 12.2 Å². The quantitative estimate of drug-likeness (QED) is 0.562. The van der Waals surface area contributed by atoms with Crippen molar-refractivity contribution in [1.82, 2.24) is 15.2 Å². The second-order valence-electron chi connectivity index (χ2n) is 8.33. The third-order valence-electron chi connectivity index (χ3n) is 5.80. The first-order valence-electron chi connectivity index (χ1n) is 9.95. The SMILES string of the molecule is CC(=O)c1c(C)[nH]c(C(=O)CN2C(=O)N[C@@](C)(c3ccc(C(C)C)cc3)C2=O)c1C. The number of Topliss-reactive ketones (excluding diaryl/α,β-unsaturated/α-hetero) is 2. The Balaban J connectivity index is 1.85. The molecule has 0 bridgehead atoms. The summed E-state index contributed by atoms with van der Waals surface area (Å²) in [5, 5.41) is 2.72. The zero-order valence-corrected chi connectivity index (χ0v) is 18.2. The number of H-pyrrole nitrogens is 1. The number of aromatic amines is 1. The first-order valence-corrected chi connectivity index (χ1v) is 9.95. The highest BCUT2D eigenvalue weighted by atomic mass is 16.2. The van der Waals surface area contributed by atoms with Crippen LogP contribution in [0.2, 0.25) is 0 Å². The summed E-state index contributed by atoms with van der Waals surface area (Å²) in [6.45, 7) is 10.2. The lowest BCUT2D eigenvalue weighted by molar-refractivity contribution is -0.130. The van der Waals surface area contributed by atoms with Crippen molar-refractivity contribution in [1.29, 1.82) is 0 Å². The molecule has 1 aromatic heterocycles. The van der Waals surface area contributed by atoms with Gasteiger partial charge in [0.25, 0.3) is 5.91 Å². The summed E-state index contributed by atoms with van der Waals surface area (Å²) in [7, 11) is 0. The van der Waals surface area contributed by atoms with Crippen LogP contribution in [-0.4, -0.2) is 39.9 Å². The molecule has 7 nitrogen and oxygen atoms in total. The molecule has 0 radical (unpaired) electrons. The van der Waals surface area contributed by atoms with Crippen LogP contribution >= 0.6 is 0 Å². The predicted molar refractivity (Wildman–Crippen MR) is 113 cm³/mol. The number of aryl methyl sites for hydroxylation is 1. The van der Waals surface area contributed by atoms with Crippen molar-refractivity contribution < 1.29 is 19.2 Å². The molecule has 2 aromatic rings. The molecular formula is C23H27N3O4. The molecule has 2 N–H and O–H groups in total. The number of ketones is 2. The van der Waals surface area contributed by atoms with E-state index >= 15 is 0 Å². The Morgan fingerprint density at radius 3 is 2.20 bits per heavy atom. The summed E-state index contributed by atoms with van der Waals surface area (Å²) in [5.41, 5.74) is 2.38. The maximum Gasteiger partial charge on any atom is 0.325 e. The first-order chi connectivity index (χ1) is 14.0. The molecule has 1 aliphatic heterocycles. The first kappa shape index (κ1) is 21.5. The summed E-state index contributed by atoms with van der Waals surface area (Å²) in [4.78, 5) is 54.2. The Morgan fingerprint density at radius 1 is 1.10 bits per heavy atom. The number of hydrogen-bond donors (Lipinski definition) is 2. The molecule has 0 unspecified atom stereocenters. The fraction of sp³-hybridized carbons (Fsp3) is 0.391. The number of aromatic nitrogens is 1. The van der Waals surface area contributed by atoms with Gasteiger partial charge >= 0.3 is 6.03 Å². The smallest absolute Gasteiger partial charge is 0.325 e. The van der Waals surface area contributed by atoms with E-state index in [2.05, 4.69) is 24.1 Å². The van der Waals surface area contributed by atoms with Crippen molar-refractivity contribution in [3.63, 3.8) is 0 Å². The lowest BCUT2D eigenvalue weighted by Gasteiger charge is -2.22. The van der Waals surface area contributed by atoms with Crippen molar-refractivity contribution in [2.75, 3.05) is 6.54 Å². The highest BCUT2D eigenvalue weighted by Gasteiger charge is 2.49. The van der Waals surface area contributed by atoms with Gasteiger partial charge in [-0.25, -0.2) is 4.79 Å². The Bertz CT molecular complexity index is 1050. The lowest BCUT2D eigenvalue weighted by atomic mass is 9.90. The van der Waals surface area contributed by atoms with Crippen LogP contribution in [0.3, 0.4) is 0 Å². The van der Waals surface area contributed by atoms with Crippen molar-refractivity contribution in [2.45, 2.75) is 53.0 Å². The van der Waals surface area contributed by atoms with Gasteiger partial charge in [0.15, 0.2) is 11.6 Å². The number of imide groups is 1. The average molecular weight is 409 g/mol. The third kappa shape index (κ3) is 3.44. The molecule has 158 valence electrons. The van der Waals surface area contributed by atoms with Crippen LogP contribution in [0.5, 0.6) is 0 Å². The van der Waals surface area contributed by atoms with Gasteiger partial charge in [-0.15, -0.1) is 0 Å². The molecule has 1 aromatic carbocycles. The topological polar surface area (TPSA) is 99.3 Å². The number of rotatable bonds is 6. The second-order valence-corrected chi connectivity index (χ2v) is 8.33. The van der Waals surface area contributed by atoms with Gasteiger partial charge in [-0.2, -0.15) is 0 Å². The van der Waals surface area contributed by atoms with E-state index in [0.29, 0.717) is 28.3 Å². The number of carbonyl (C=O) groups excluding carboxylic acids is 4. The normalized spacial score (nSPS) is 18.8. The molecule has 1 fully saturated rings. The number of nitrogens with one attached hydrogen (secondary N) is 2. The monoisotopic (exact) mass is 409 g/mol. The van der Waals surface area contributed by atoms with Crippen molar-refractivity contribution in [2.24, 2.45) is 0 Å². The fourth-order valence-electron chi connectivity index (χ4n) is 4.02. The standard InChI is InChI=1S/C23H27N3O4/c1-12(2)16-7-9-17(10-8-16)23(6)21(29)26(22(30)25-23)11-18(28)20-13(3)19(15(5)27)14(4)24-20/h7-10,12,24H,11H2,1-6H3,(H,25,30)/t23-/m0/s1. The molecule has 1 saturated heterocycles. The minimum absolute atomic E-state index is 0.146. The third-order valence-corrected chi connectivity index (χ3v) is 5.80. The zero-order valence-electron chi connectivity index (χ0n) is 18.2. The molecule has 0 aliphatic carbocycles. The van der Waals surface area contributed by atoms with Gasteiger partial charge in [0.2, 0.25) is 0 Å². The van der Waals surface area contributed by atoms with Crippen LogP contribution in [0, 0.1) is 13.8 Å². The fourth-order valence-corrected chi connectivity index (χ4v) is 4.02. The Kier molecular flexibility index (Phi) is 5.41. The van der Waals surface area contributed by atoms with Crippen LogP contribution in [-0.2, 0) is 10.3 Å². The van der Waals surface area contributed by atoms with Gasteiger partial charge < -0.3 is 10.3 Å². The molecular weight excluding hydrogens is 382 g/mol. The van der Waals surface area contributed by atoms with Crippen molar-refractivity contribution >= 4 is 23.5 Å². The van der Waals surface area contributed by atoms with Gasteiger partial charge in [0, 0.05) is 11.3 Å². The summed E-state index contributed by atoms with van der Waals surface area (Å²) >= 11 is 0. The summed E-state index contributed by atoms with van der Waals surface area (Å²) in [6.07, 6.45) is 0. The minimum Gasteiger partial charge on any atom is -0.355 e. The number of hydrogen-bond acceptors (Lipinski definition) is 4. The highest BCUT2D eigenvalue weighted by molar-refractivity contribution is 6.12. The van der Waals surface area contributed by atoms with Gasteiger partial charge in [0.1, 0.15) is 5.54 Å². The van der Waals surface area contributed by atoms with Crippen LogP contribution in [0.15, 0.2) is 24.3 Å². The van der Waals surface area contributed by atoms with Gasteiger partial charge in [-0.05, 0) is 50.3 Å². The average Bonchev–Trinajstić information content (AvgIpc) is 3.09. The summed E-state index contributed by atoms with van der Waals surface area (Å²) in [6, 6.07) is 6.92. The molecule has 3 rings (SSSR count). The van der Waals surface area contributed by atoms with E-state index in [4.69, 9.17) is 0 Å². The van der Waals surface area contributed by atoms with E-state index in [1.54, 1.807) is 20.8 Å². The Labute approximate surface area is 175 Å². The van der Waals surface area contributed by atoms with Gasteiger partial charge in [-0.1, -0.05) is 38.1 Å². The number of nitrogens with zero attached hydrogens (tertiary/aromatic N) is 1. The van der Waals surface area contributed by atoms with E-state index in [1.807, 2.05) is 24.3 Å². The lowest BCUT2D eigenvalue weighted by Crippen LogP contribution is -2.41. The number of benzene rings is 1. The molecule has 0 spiro atoms. The van der Waals surface area contributed by atoms with Crippen LogP contribution < -0.4 is 5.32 Å². The summed E-state index contributed by atoms with van der Waals surface area (Å²) < 4.78 is 0. The number of urea groups is 1. The van der Waals surface area contributed by atoms with Crippen LogP contribution in [0.1, 0.15) is 76.8 Å². The van der Waals surface area contributed by atoms with Crippen LogP contribution in [0.25, 0.3) is 0 Å². The van der Waals surface area contributed by atoms with Crippen molar-refractivity contribution in [3.8, 4) is 0 Å². The largest absolute Gasteiger partial charge is 0.355 e.